The summed E-state index contributed by atoms with van der Waals surface area (Å²) in [7, 11) is -4.44. The number of hydrogen-bond donors (Lipinski definition) is 2. The van der Waals surface area contributed by atoms with Crippen LogP contribution in [0.25, 0.3) is 6.08 Å². The molecule has 90 valence electrons. The summed E-state index contributed by atoms with van der Waals surface area (Å²) in [6.07, 6.45) is 3.75. The maximum absolute atomic E-state index is 10.5. The Morgan fingerprint density at radius 1 is 1.19 bits per heavy atom. The zero-order valence-electron chi connectivity index (χ0n) is 9.62. The Morgan fingerprint density at radius 2 is 1.69 bits per heavy atom. The average molecular weight is 244 g/mol. The molecule has 2 N–H and O–H groups in total. The van der Waals surface area contributed by atoms with Crippen LogP contribution in [0.2, 0.25) is 0 Å². The zero-order valence-corrected chi connectivity index (χ0v) is 10.5. The maximum atomic E-state index is 10.5. The molecule has 0 amide bonds. The van der Waals surface area contributed by atoms with Crippen LogP contribution < -0.4 is 4.52 Å². The fraction of sp³-hybridized carbons (Fsp3) is 0.273. The van der Waals surface area contributed by atoms with Gasteiger partial charge in [0.25, 0.3) is 0 Å². The van der Waals surface area contributed by atoms with E-state index in [0.29, 0.717) is 0 Å². The van der Waals surface area contributed by atoms with Gasteiger partial charge in [-0.3, -0.25) is 9.79 Å². The Labute approximate surface area is 95.8 Å². The van der Waals surface area contributed by atoms with Gasteiger partial charge in [-0.25, -0.2) is 4.57 Å². The predicted octanol–water partition coefficient (Wildman–Crippen LogP) is 3.22. The Hall–Kier alpha value is -1.09. The number of phosphoric ester groups is 1. The molecule has 1 rings (SSSR count). The van der Waals surface area contributed by atoms with Crippen molar-refractivity contribution in [2.75, 3.05) is 0 Å². The smallest absolute Gasteiger partial charge is 0.404 e. The van der Waals surface area contributed by atoms with Crippen molar-refractivity contribution in [2.24, 2.45) is 0 Å². The summed E-state index contributed by atoms with van der Waals surface area (Å²) < 4.78 is 14.8. The Bertz CT molecular complexity index is 364. The quantitative estimate of drug-likeness (QED) is 0.801. The Morgan fingerprint density at radius 3 is 2.06 bits per heavy atom. The highest BCUT2D eigenvalue weighted by molar-refractivity contribution is 7.46. The van der Waals surface area contributed by atoms with E-state index >= 15 is 0 Å². The lowest BCUT2D eigenvalue weighted by molar-refractivity contribution is 0.283. The molecule has 0 saturated heterocycles. The van der Waals surface area contributed by atoms with Gasteiger partial charge in [0.05, 0.1) is 0 Å². The van der Waals surface area contributed by atoms with E-state index in [1.807, 2.05) is 32.9 Å². The Balaban J connectivity index is 0.00000106. The molecule has 0 bridgehead atoms. The van der Waals surface area contributed by atoms with Crippen LogP contribution in [0, 0.1) is 0 Å². The summed E-state index contributed by atoms with van der Waals surface area (Å²) in [5.41, 5.74) is 0.950. The lowest BCUT2D eigenvalue weighted by Gasteiger charge is -2.06. The highest BCUT2D eigenvalue weighted by Crippen LogP contribution is 2.37. The summed E-state index contributed by atoms with van der Waals surface area (Å²) in [6, 6.07) is 6.44. The highest BCUT2D eigenvalue weighted by atomic mass is 31.2. The molecule has 0 saturated carbocycles. The zero-order chi connectivity index (χ0) is 12.6. The van der Waals surface area contributed by atoms with Gasteiger partial charge in [0.2, 0.25) is 0 Å². The second-order valence-corrected chi connectivity index (χ2v) is 3.81. The van der Waals surface area contributed by atoms with Gasteiger partial charge in [0.1, 0.15) is 5.75 Å². The van der Waals surface area contributed by atoms with E-state index in [0.717, 1.165) is 5.56 Å². The van der Waals surface area contributed by atoms with Gasteiger partial charge in [0, 0.05) is 0 Å². The van der Waals surface area contributed by atoms with E-state index in [2.05, 4.69) is 4.52 Å². The lowest BCUT2D eigenvalue weighted by atomic mass is 10.2. The van der Waals surface area contributed by atoms with Crippen LogP contribution in [0.3, 0.4) is 0 Å². The van der Waals surface area contributed by atoms with Gasteiger partial charge < -0.3 is 4.52 Å². The first-order valence-corrected chi connectivity index (χ1v) is 6.52. The predicted molar refractivity (Wildman–Crippen MR) is 65.2 cm³/mol. The number of hydrogen-bond acceptors (Lipinski definition) is 2. The van der Waals surface area contributed by atoms with Crippen molar-refractivity contribution in [1.29, 1.82) is 0 Å². The second kappa shape index (κ2) is 7.23. The third kappa shape index (κ3) is 6.40. The van der Waals surface area contributed by atoms with Gasteiger partial charge in [-0.2, -0.15) is 0 Å². The van der Waals surface area contributed by atoms with E-state index in [4.69, 9.17) is 9.79 Å². The first-order chi connectivity index (χ1) is 7.51. The van der Waals surface area contributed by atoms with E-state index in [1.165, 1.54) is 12.1 Å². The summed E-state index contributed by atoms with van der Waals surface area (Å²) in [6.45, 7) is 5.89. The number of benzene rings is 1. The second-order valence-electron chi connectivity index (χ2n) is 2.65. The van der Waals surface area contributed by atoms with Gasteiger partial charge >= 0.3 is 7.82 Å². The topological polar surface area (TPSA) is 66.8 Å². The van der Waals surface area contributed by atoms with Crippen LogP contribution in [0.4, 0.5) is 0 Å². The summed E-state index contributed by atoms with van der Waals surface area (Å²) in [5, 5.41) is 0. The van der Waals surface area contributed by atoms with Crippen molar-refractivity contribution in [3.63, 3.8) is 0 Å². The summed E-state index contributed by atoms with van der Waals surface area (Å²) in [4.78, 5) is 17.0. The van der Waals surface area contributed by atoms with E-state index in [1.54, 1.807) is 12.1 Å². The molecule has 0 aliphatic heterocycles. The number of rotatable bonds is 3. The molecular weight excluding hydrogens is 227 g/mol. The molecule has 0 spiro atoms. The van der Waals surface area contributed by atoms with Crippen molar-refractivity contribution >= 4 is 13.9 Å². The molecule has 0 unspecified atom stereocenters. The first-order valence-electron chi connectivity index (χ1n) is 4.99. The SMILES string of the molecule is C/C=C/c1ccc(OP(=O)(O)O)cc1.CC. The standard InChI is InChI=1S/C9H11O4P.C2H6/c1-2-3-8-4-6-9(7-5-8)13-14(10,11)12;1-2/h2-7H,1H3,(H2,10,11,12);1-2H3/b3-2+;. The van der Waals surface area contributed by atoms with Gasteiger partial charge in [-0.1, -0.05) is 38.1 Å². The number of allylic oxidation sites excluding steroid dienone is 1. The summed E-state index contributed by atoms with van der Waals surface area (Å²) >= 11 is 0. The monoisotopic (exact) mass is 244 g/mol. The molecule has 5 heteroatoms. The largest absolute Gasteiger partial charge is 0.524 e. The molecule has 16 heavy (non-hydrogen) atoms. The molecule has 0 radical (unpaired) electrons. The fourth-order valence-electron chi connectivity index (χ4n) is 0.970. The van der Waals surface area contributed by atoms with Crippen LogP contribution in [0.15, 0.2) is 30.3 Å². The van der Waals surface area contributed by atoms with Crippen molar-refractivity contribution in [2.45, 2.75) is 20.8 Å². The molecule has 0 aliphatic rings. The fourth-order valence-corrected chi connectivity index (χ4v) is 1.37. The van der Waals surface area contributed by atoms with Crippen LogP contribution in [-0.2, 0) is 4.57 Å². The highest BCUT2D eigenvalue weighted by Gasteiger charge is 2.14. The third-order valence-electron chi connectivity index (χ3n) is 1.46. The minimum Gasteiger partial charge on any atom is -0.404 e. The molecular formula is C11H17O4P. The van der Waals surface area contributed by atoms with Gasteiger partial charge in [-0.05, 0) is 24.6 Å². The van der Waals surface area contributed by atoms with Crippen molar-refractivity contribution < 1.29 is 18.9 Å². The average Bonchev–Trinajstić information content (AvgIpc) is 2.22. The molecule has 4 nitrogen and oxygen atoms in total. The van der Waals surface area contributed by atoms with Crippen LogP contribution in [0.5, 0.6) is 5.75 Å². The van der Waals surface area contributed by atoms with Crippen molar-refractivity contribution in [3.8, 4) is 5.75 Å². The van der Waals surface area contributed by atoms with Gasteiger partial charge in [0.15, 0.2) is 0 Å². The van der Waals surface area contributed by atoms with Crippen LogP contribution in [-0.4, -0.2) is 9.79 Å². The van der Waals surface area contributed by atoms with E-state index in [9.17, 15) is 4.57 Å². The molecule has 0 aliphatic carbocycles. The molecule has 1 aromatic rings. The first kappa shape index (κ1) is 14.9. The van der Waals surface area contributed by atoms with Gasteiger partial charge in [-0.15, -0.1) is 0 Å². The van der Waals surface area contributed by atoms with Crippen LogP contribution in [0.1, 0.15) is 26.3 Å². The normalized spacial score (nSPS) is 10.8. The third-order valence-corrected chi connectivity index (χ3v) is 1.91. The van der Waals surface area contributed by atoms with E-state index < -0.39 is 7.82 Å². The van der Waals surface area contributed by atoms with Crippen LogP contribution >= 0.6 is 7.82 Å². The minimum atomic E-state index is -4.44. The van der Waals surface area contributed by atoms with E-state index in [-0.39, 0.29) is 5.75 Å². The molecule has 0 atom stereocenters. The minimum absolute atomic E-state index is 0.159. The molecule has 0 fully saturated rings. The maximum Gasteiger partial charge on any atom is 0.524 e. The Kier molecular flexibility index (Phi) is 6.74. The molecule has 0 heterocycles. The molecule has 1 aromatic carbocycles. The van der Waals surface area contributed by atoms with Crippen molar-refractivity contribution in [1.82, 2.24) is 0 Å². The molecule has 0 aromatic heterocycles. The number of phosphoric acid groups is 1. The lowest BCUT2D eigenvalue weighted by Crippen LogP contribution is -1.89. The van der Waals surface area contributed by atoms with Crippen molar-refractivity contribution in [3.05, 3.63) is 35.9 Å². The summed E-state index contributed by atoms with van der Waals surface area (Å²) in [5.74, 6) is 0.159.